The topological polar surface area (TPSA) is 169 Å². The lowest BCUT2D eigenvalue weighted by molar-refractivity contribution is -0.264. The summed E-state index contributed by atoms with van der Waals surface area (Å²) in [7, 11) is -4.98. The average molecular weight is 392 g/mol. The quantitative estimate of drug-likeness (QED) is 0.205. The van der Waals surface area contributed by atoms with E-state index in [2.05, 4.69) is 22.4 Å². The summed E-state index contributed by atoms with van der Waals surface area (Å²) in [4.78, 5) is 42.6. The van der Waals surface area contributed by atoms with E-state index >= 15 is 0 Å². The number of carbonyl (C=O) groups is 1. The van der Waals surface area contributed by atoms with Crippen LogP contribution in [-0.4, -0.2) is 71.4 Å². The number of aliphatic imine (C=N–C) groups is 1. The van der Waals surface area contributed by atoms with E-state index in [0.717, 1.165) is 0 Å². The van der Waals surface area contributed by atoms with Crippen LogP contribution in [-0.2, 0) is 9.53 Å². The molecule has 12 heteroatoms. The molecule has 1 aliphatic rings. The van der Waals surface area contributed by atoms with E-state index in [1.807, 2.05) is 0 Å². The third-order valence-electron chi connectivity index (χ3n) is 3.37. The van der Waals surface area contributed by atoms with Crippen LogP contribution < -0.4 is 4.74 Å². The molecule has 1 aliphatic heterocycles. The Morgan fingerprint density at radius 3 is 2.24 bits per heavy atom. The van der Waals surface area contributed by atoms with Crippen molar-refractivity contribution in [1.29, 1.82) is 0 Å². The first kappa shape index (κ1) is 20.0. The molecule has 0 unspecified atom stereocenters. The standard InChI is InChI=1S/C13H15NO9PS/c15-8-9(16)11(12(18)24(19,20)21)23-13(10(8)17)22-7-3-1-6(2-4-7)14-5-25/h1-4,8-11,13,15-17,19-21H/q+1/t8-,9-,10-,11-,13-/m0/s1. The van der Waals surface area contributed by atoms with Gasteiger partial charge in [0.25, 0.3) is 0 Å². The first-order valence-corrected chi connectivity index (χ1v) is 8.86. The van der Waals surface area contributed by atoms with Crippen LogP contribution in [0.25, 0.3) is 0 Å². The number of isothiocyanates is 1. The Kier molecular flexibility index (Phi) is 6.30. The Hall–Kier alpha value is -1.36. The van der Waals surface area contributed by atoms with Crippen molar-refractivity contribution in [3.8, 4) is 5.75 Å². The fraction of sp³-hybridized carbons (Fsp3) is 0.385. The molecule has 0 aliphatic carbocycles. The van der Waals surface area contributed by atoms with E-state index < -0.39 is 44.2 Å². The molecule has 2 rings (SSSR count). The molecule has 1 aromatic rings. The minimum Gasteiger partial charge on any atom is -0.462 e. The highest BCUT2D eigenvalue weighted by Gasteiger charge is 2.57. The van der Waals surface area contributed by atoms with Crippen LogP contribution in [0.3, 0.4) is 0 Å². The molecule has 136 valence electrons. The summed E-state index contributed by atoms with van der Waals surface area (Å²) in [5.41, 5.74) is -1.14. The van der Waals surface area contributed by atoms with Crippen molar-refractivity contribution in [1.82, 2.24) is 0 Å². The highest BCUT2D eigenvalue weighted by molar-refractivity contribution is 7.78. The highest BCUT2D eigenvalue weighted by atomic mass is 32.1. The van der Waals surface area contributed by atoms with E-state index in [1.54, 1.807) is 0 Å². The van der Waals surface area contributed by atoms with E-state index in [1.165, 1.54) is 24.3 Å². The van der Waals surface area contributed by atoms with Gasteiger partial charge in [0.15, 0.2) is 6.10 Å². The fourth-order valence-corrected chi connectivity index (χ4v) is 2.77. The van der Waals surface area contributed by atoms with Crippen molar-refractivity contribution in [2.45, 2.75) is 30.7 Å². The molecule has 0 aromatic heterocycles. The number of ether oxygens (including phenoxy) is 2. The molecule has 1 saturated heterocycles. The number of aliphatic hydroxyl groups is 3. The summed E-state index contributed by atoms with van der Waals surface area (Å²) >= 11 is 4.46. The zero-order valence-corrected chi connectivity index (χ0v) is 14.1. The Morgan fingerprint density at radius 1 is 1.12 bits per heavy atom. The van der Waals surface area contributed by atoms with Gasteiger partial charge >= 0.3 is 13.5 Å². The van der Waals surface area contributed by atoms with Gasteiger partial charge in [-0.05, 0) is 36.5 Å². The second-order valence-corrected chi connectivity index (χ2v) is 6.88. The van der Waals surface area contributed by atoms with Crippen molar-refractivity contribution in [3.05, 3.63) is 24.3 Å². The molecule has 10 nitrogen and oxygen atoms in total. The van der Waals surface area contributed by atoms with E-state index in [9.17, 15) is 20.1 Å². The molecule has 1 fully saturated rings. The van der Waals surface area contributed by atoms with Crippen molar-refractivity contribution >= 4 is 36.5 Å². The fourth-order valence-electron chi connectivity index (χ4n) is 2.11. The largest absolute Gasteiger partial charge is 0.481 e. The minimum absolute atomic E-state index is 0.153. The third kappa shape index (κ3) is 4.63. The van der Waals surface area contributed by atoms with Gasteiger partial charge in [0.05, 0.1) is 10.8 Å². The third-order valence-corrected chi connectivity index (χ3v) is 4.31. The van der Waals surface area contributed by atoms with Crippen molar-refractivity contribution in [2.24, 2.45) is 4.99 Å². The first-order valence-electron chi connectivity index (χ1n) is 6.81. The van der Waals surface area contributed by atoms with Crippen LogP contribution in [0.15, 0.2) is 29.3 Å². The van der Waals surface area contributed by atoms with Crippen molar-refractivity contribution in [3.63, 3.8) is 0 Å². The van der Waals surface area contributed by atoms with Gasteiger partial charge in [0.2, 0.25) is 6.29 Å². The molecule has 0 spiro atoms. The maximum absolute atomic E-state index is 11.7. The van der Waals surface area contributed by atoms with Crippen LogP contribution in [0.1, 0.15) is 0 Å². The zero-order valence-electron chi connectivity index (χ0n) is 12.4. The second kappa shape index (κ2) is 7.90. The lowest BCUT2D eigenvalue weighted by Crippen LogP contribution is -2.61. The molecule has 0 bridgehead atoms. The van der Waals surface area contributed by atoms with Gasteiger partial charge in [-0.25, -0.2) is 4.79 Å². The van der Waals surface area contributed by atoms with Gasteiger partial charge in [0.1, 0.15) is 24.1 Å². The van der Waals surface area contributed by atoms with Gasteiger partial charge in [0, 0.05) is 0 Å². The molecule has 0 saturated carbocycles. The summed E-state index contributed by atoms with van der Waals surface area (Å²) in [6.45, 7) is 0. The van der Waals surface area contributed by atoms with Gasteiger partial charge in [-0.15, -0.1) is 0 Å². The zero-order chi connectivity index (χ0) is 18.8. The Bertz CT molecular complexity index is 673. The summed E-state index contributed by atoms with van der Waals surface area (Å²) in [5, 5.41) is 31.7. The first-order chi connectivity index (χ1) is 11.6. The van der Waals surface area contributed by atoms with Crippen LogP contribution in [0.5, 0.6) is 5.75 Å². The number of thiocarbonyl (C=S) groups is 1. The Balaban J connectivity index is 2.18. The molecule has 0 amide bonds. The number of hydrogen-bond acceptors (Lipinski definition) is 11. The number of aliphatic hydroxyl groups excluding tert-OH is 3. The lowest BCUT2D eigenvalue weighted by atomic mass is 9.99. The van der Waals surface area contributed by atoms with Gasteiger partial charge in [-0.3, -0.25) is 0 Å². The lowest BCUT2D eigenvalue weighted by Gasteiger charge is -2.38. The van der Waals surface area contributed by atoms with Crippen LogP contribution in [0.2, 0.25) is 0 Å². The van der Waals surface area contributed by atoms with Crippen molar-refractivity contribution in [2.75, 3.05) is 0 Å². The van der Waals surface area contributed by atoms with Crippen LogP contribution >= 0.6 is 20.2 Å². The number of benzene rings is 1. The van der Waals surface area contributed by atoms with E-state index in [0.29, 0.717) is 5.69 Å². The summed E-state index contributed by atoms with van der Waals surface area (Å²) in [6, 6.07) is 5.86. The number of carbonyl (C=O) groups excluding carboxylic acids is 1. The molecule has 0 radical (unpaired) electrons. The maximum Gasteiger partial charge on any atom is 0.481 e. The van der Waals surface area contributed by atoms with Crippen LogP contribution in [0.4, 0.5) is 5.69 Å². The number of nitrogens with zero attached hydrogens (tertiary/aromatic N) is 1. The van der Waals surface area contributed by atoms with Gasteiger partial charge in [-0.2, -0.15) is 19.7 Å². The number of hydrogen-bond donors (Lipinski definition) is 6. The Morgan fingerprint density at radius 2 is 1.72 bits per heavy atom. The SMILES string of the molecule is O=C([C@H]1O[C@H](Oc2ccc(N=C=S)cc2)[C@@H](O)[C@@H](O)[C@@H]1O)[P+](O)(O)O. The highest BCUT2D eigenvalue weighted by Crippen LogP contribution is 2.48. The minimum atomic E-state index is -4.98. The molecule has 25 heavy (non-hydrogen) atoms. The van der Waals surface area contributed by atoms with Gasteiger partial charge < -0.3 is 24.8 Å². The van der Waals surface area contributed by atoms with Crippen LogP contribution in [0, 0.1) is 0 Å². The molecule has 1 aromatic carbocycles. The molecule has 5 atom stereocenters. The second-order valence-electron chi connectivity index (χ2n) is 5.12. The summed E-state index contributed by atoms with van der Waals surface area (Å²) in [5.74, 6) is 0.153. The van der Waals surface area contributed by atoms with Crippen molar-refractivity contribution < 1.29 is 44.3 Å². The number of rotatable bonds is 5. The Labute approximate surface area is 147 Å². The average Bonchev–Trinajstić information content (AvgIpc) is 2.56. The normalized spacial score (nSPS) is 29.6. The predicted octanol–water partition coefficient (Wildman–Crippen LogP) is -1.13. The van der Waals surface area contributed by atoms with Gasteiger partial charge in [-0.1, -0.05) is 0 Å². The summed E-state index contributed by atoms with van der Waals surface area (Å²) in [6.07, 6.45) is -9.26. The predicted molar refractivity (Wildman–Crippen MR) is 87.0 cm³/mol. The van der Waals surface area contributed by atoms with E-state index in [4.69, 9.17) is 24.2 Å². The molecule has 6 N–H and O–H groups in total. The van der Waals surface area contributed by atoms with E-state index in [-0.39, 0.29) is 5.75 Å². The summed E-state index contributed by atoms with van der Waals surface area (Å²) < 4.78 is 10.3. The molecule has 1 heterocycles. The maximum atomic E-state index is 11.7. The molecular weight excluding hydrogens is 377 g/mol. The monoisotopic (exact) mass is 392 g/mol. The smallest absolute Gasteiger partial charge is 0.462 e. The molecular formula is C13H15NO9PS+.